The van der Waals surface area contributed by atoms with Crippen LogP contribution in [-0.4, -0.2) is 28.4 Å². The molecule has 2 aliphatic rings. The van der Waals surface area contributed by atoms with Crippen LogP contribution in [0.5, 0.6) is 0 Å². The van der Waals surface area contributed by atoms with E-state index in [1.54, 1.807) is 0 Å². The number of aliphatic carboxylic acids is 1. The van der Waals surface area contributed by atoms with E-state index in [-0.39, 0.29) is 11.8 Å². The zero-order valence-corrected chi connectivity index (χ0v) is 12.8. The Morgan fingerprint density at radius 3 is 2.75 bits per heavy atom. The molecule has 3 rings (SSSR count). The molecule has 106 valence electrons. The topological polar surface area (TPSA) is 57.6 Å². The maximum atomic E-state index is 12.3. The first-order chi connectivity index (χ1) is 9.47. The minimum atomic E-state index is -0.846. The first kappa shape index (κ1) is 13.6. The Morgan fingerprint density at radius 2 is 2.10 bits per heavy atom. The lowest BCUT2D eigenvalue weighted by Gasteiger charge is -2.30. The van der Waals surface area contributed by atoms with Crippen molar-refractivity contribution in [1.82, 2.24) is 4.90 Å². The van der Waals surface area contributed by atoms with Crippen molar-refractivity contribution in [2.24, 2.45) is 11.8 Å². The highest BCUT2D eigenvalue weighted by Gasteiger charge is 2.50. The lowest BCUT2D eigenvalue weighted by Crippen LogP contribution is -2.37. The molecule has 1 aliphatic heterocycles. The molecule has 0 aromatic heterocycles. The third-order valence-corrected chi connectivity index (χ3v) is 4.72. The quantitative estimate of drug-likeness (QED) is 0.901. The first-order valence-electron chi connectivity index (χ1n) is 6.77. The van der Waals surface area contributed by atoms with Crippen LogP contribution in [0.4, 0.5) is 0 Å². The van der Waals surface area contributed by atoms with E-state index in [1.165, 1.54) is 16.7 Å². The van der Waals surface area contributed by atoms with Gasteiger partial charge in [0, 0.05) is 17.6 Å². The summed E-state index contributed by atoms with van der Waals surface area (Å²) >= 11 is 3.50. The molecule has 1 heterocycles. The molecular weight excluding hydrogens is 322 g/mol. The van der Waals surface area contributed by atoms with E-state index in [0.29, 0.717) is 19.5 Å². The number of carboxylic acid groups (broad SMARTS) is 1. The predicted molar refractivity (Wildman–Crippen MR) is 77.2 cm³/mol. The molecule has 2 atom stereocenters. The Kier molecular flexibility index (Phi) is 3.32. The van der Waals surface area contributed by atoms with E-state index >= 15 is 0 Å². The summed E-state index contributed by atoms with van der Waals surface area (Å²) in [6, 6.07) is 4.17. The number of hydrogen-bond donors (Lipinski definition) is 1. The Morgan fingerprint density at radius 1 is 1.35 bits per heavy atom. The van der Waals surface area contributed by atoms with Crippen molar-refractivity contribution in [3.63, 3.8) is 0 Å². The van der Waals surface area contributed by atoms with Crippen molar-refractivity contribution < 1.29 is 14.7 Å². The van der Waals surface area contributed by atoms with Crippen molar-refractivity contribution in [2.45, 2.75) is 26.3 Å². The monoisotopic (exact) mass is 337 g/mol. The molecule has 0 radical (unpaired) electrons. The van der Waals surface area contributed by atoms with Gasteiger partial charge in [0.15, 0.2) is 0 Å². The van der Waals surface area contributed by atoms with Gasteiger partial charge in [-0.25, -0.2) is 0 Å². The van der Waals surface area contributed by atoms with Crippen LogP contribution in [0.2, 0.25) is 0 Å². The third kappa shape index (κ3) is 2.35. The standard InChI is InChI=1S/C15H16BrNO3/c1-8-4-10(16)5-9-2-3-17(7-13(8)9)14(18)11-6-12(11)15(19)20/h4-5,11-12H,2-3,6-7H2,1H3,(H,19,20). The highest BCUT2D eigenvalue weighted by atomic mass is 79.9. The summed E-state index contributed by atoms with van der Waals surface area (Å²) in [6.45, 7) is 3.34. The Hall–Kier alpha value is -1.36. The molecule has 1 aromatic carbocycles. The van der Waals surface area contributed by atoms with E-state index < -0.39 is 11.9 Å². The smallest absolute Gasteiger partial charge is 0.307 e. The number of benzene rings is 1. The third-order valence-electron chi connectivity index (χ3n) is 4.27. The number of halogens is 1. The van der Waals surface area contributed by atoms with E-state index in [9.17, 15) is 9.59 Å². The van der Waals surface area contributed by atoms with Crippen molar-refractivity contribution in [3.8, 4) is 0 Å². The van der Waals surface area contributed by atoms with Crippen LogP contribution < -0.4 is 0 Å². The van der Waals surface area contributed by atoms with Crippen molar-refractivity contribution in [3.05, 3.63) is 33.3 Å². The number of carbonyl (C=O) groups is 2. The summed E-state index contributed by atoms with van der Waals surface area (Å²) in [4.78, 5) is 25.0. The average molecular weight is 338 g/mol. The van der Waals surface area contributed by atoms with Crippen molar-refractivity contribution >= 4 is 27.8 Å². The number of amides is 1. The highest BCUT2D eigenvalue weighted by Crippen LogP contribution is 2.41. The molecular formula is C15H16BrNO3. The molecule has 1 saturated carbocycles. The van der Waals surface area contributed by atoms with E-state index in [0.717, 1.165) is 10.9 Å². The molecule has 1 aromatic rings. The summed E-state index contributed by atoms with van der Waals surface area (Å²) in [5.74, 6) is -1.61. The number of aryl methyl sites for hydroxylation is 1. The number of hydrogen-bond acceptors (Lipinski definition) is 2. The number of fused-ring (bicyclic) bond motifs is 1. The Bertz CT molecular complexity index is 599. The number of rotatable bonds is 2. The fourth-order valence-electron chi connectivity index (χ4n) is 2.98. The zero-order valence-electron chi connectivity index (χ0n) is 11.2. The van der Waals surface area contributed by atoms with Gasteiger partial charge in [-0.2, -0.15) is 0 Å². The van der Waals surface area contributed by atoms with Crippen LogP contribution in [0.15, 0.2) is 16.6 Å². The van der Waals surface area contributed by atoms with Crippen LogP contribution in [0, 0.1) is 18.8 Å². The molecule has 0 bridgehead atoms. The van der Waals surface area contributed by atoms with Gasteiger partial charge < -0.3 is 10.0 Å². The van der Waals surface area contributed by atoms with Crippen LogP contribution in [0.3, 0.4) is 0 Å². The van der Waals surface area contributed by atoms with E-state index in [1.807, 2.05) is 4.90 Å². The predicted octanol–water partition coefficient (Wildman–Crippen LogP) is 2.36. The van der Waals surface area contributed by atoms with Gasteiger partial charge in [-0.15, -0.1) is 0 Å². The van der Waals surface area contributed by atoms with Gasteiger partial charge in [0.05, 0.1) is 11.8 Å². The molecule has 0 spiro atoms. The van der Waals surface area contributed by atoms with Crippen LogP contribution in [0.1, 0.15) is 23.1 Å². The van der Waals surface area contributed by atoms with Crippen LogP contribution in [-0.2, 0) is 22.6 Å². The maximum absolute atomic E-state index is 12.3. The minimum Gasteiger partial charge on any atom is -0.481 e. The van der Waals surface area contributed by atoms with Gasteiger partial charge in [-0.05, 0) is 48.6 Å². The number of nitrogens with zero attached hydrogens (tertiary/aromatic N) is 1. The van der Waals surface area contributed by atoms with Crippen LogP contribution in [0.25, 0.3) is 0 Å². The molecule has 1 aliphatic carbocycles. The lowest BCUT2D eigenvalue weighted by molar-refractivity contribution is -0.142. The highest BCUT2D eigenvalue weighted by molar-refractivity contribution is 9.10. The molecule has 1 amide bonds. The molecule has 1 fully saturated rings. The average Bonchev–Trinajstić information content (AvgIpc) is 3.17. The SMILES string of the molecule is Cc1cc(Br)cc2c1CN(C(=O)C1CC1C(=O)O)CC2. The number of carboxylic acids is 1. The zero-order chi connectivity index (χ0) is 14.4. The molecule has 5 heteroatoms. The van der Waals surface area contributed by atoms with Crippen molar-refractivity contribution in [2.75, 3.05) is 6.54 Å². The largest absolute Gasteiger partial charge is 0.481 e. The van der Waals surface area contributed by atoms with Gasteiger partial charge in [0.2, 0.25) is 5.91 Å². The van der Waals surface area contributed by atoms with E-state index in [4.69, 9.17) is 5.11 Å². The minimum absolute atomic E-state index is 0.00497. The first-order valence-corrected chi connectivity index (χ1v) is 7.56. The van der Waals surface area contributed by atoms with E-state index in [2.05, 4.69) is 35.0 Å². The molecule has 1 N–H and O–H groups in total. The lowest BCUT2D eigenvalue weighted by atomic mass is 9.95. The van der Waals surface area contributed by atoms with Gasteiger partial charge >= 0.3 is 5.97 Å². The van der Waals surface area contributed by atoms with Gasteiger partial charge in [-0.3, -0.25) is 9.59 Å². The second kappa shape index (κ2) is 4.88. The molecule has 0 saturated heterocycles. The second-order valence-electron chi connectivity index (χ2n) is 5.66. The summed E-state index contributed by atoms with van der Waals surface area (Å²) < 4.78 is 1.07. The summed E-state index contributed by atoms with van der Waals surface area (Å²) in [6.07, 6.45) is 1.34. The summed E-state index contributed by atoms with van der Waals surface area (Å²) in [5, 5.41) is 8.93. The molecule has 2 unspecified atom stereocenters. The van der Waals surface area contributed by atoms with Gasteiger partial charge in [0.25, 0.3) is 0 Å². The number of carbonyl (C=O) groups excluding carboxylic acids is 1. The summed E-state index contributed by atoms with van der Waals surface area (Å²) in [5.41, 5.74) is 3.67. The summed E-state index contributed by atoms with van der Waals surface area (Å²) in [7, 11) is 0. The van der Waals surface area contributed by atoms with Gasteiger partial charge in [0.1, 0.15) is 0 Å². The molecule has 4 nitrogen and oxygen atoms in total. The Balaban J connectivity index is 1.76. The van der Waals surface area contributed by atoms with Crippen LogP contribution >= 0.6 is 15.9 Å². The fourth-order valence-corrected chi connectivity index (χ4v) is 3.60. The normalized spacial score (nSPS) is 24.2. The Labute approximate surface area is 125 Å². The fraction of sp³-hybridized carbons (Fsp3) is 0.467. The second-order valence-corrected chi connectivity index (χ2v) is 6.57. The molecule has 20 heavy (non-hydrogen) atoms. The van der Waals surface area contributed by atoms with Crippen molar-refractivity contribution in [1.29, 1.82) is 0 Å². The van der Waals surface area contributed by atoms with Gasteiger partial charge in [-0.1, -0.05) is 15.9 Å². The maximum Gasteiger partial charge on any atom is 0.307 e.